The number of carbonyl (C=O) groups excluding carboxylic acids is 1. The molecule has 5 rings (SSSR count). The van der Waals surface area contributed by atoms with Crippen LogP contribution in [-0.2, 0) is 14.8 Å². The SMILES string of the molecule is CN(C(=O)c1cc(S(=O)(=O)N2CCCCC2)ccc1N1CCOCC1)c1ccc2ccccc2c1. The van der Waals surface area contributed by atoms with Crippen molar-refractivity contribution < 1.29 is 17.9 Å². The van der Waals surface area contributed by atoms with Gasteiger partial charge in [-0.2, -0.15) is 4.31 Å². The molecule has 184 valence electrons. The molecule has 0 unspecified atom stereocenters. The van der Waals surface area contributed by atoms with E-state index < -0.39 is 10.0 Å². The Hall–Kier alpha value is -2.94. The van der Waals surface area contributed by atoms with Crippen LogP contribution in [0.4, 0.5) is 11.4 Å². The number of ether oxygens (including phenoxy) is 1. The van der Waals surface area contributed by atoms with Gasteiger partial charge in [0.15, 0.2) is 0 Å². The van der Waals surface area contributed by atoms with Gasteiger partial charge in [-0.05, 0) is 53.9 Å². The lowest BCUT2D eigenvalue weighted by Gasteiger charge is -2.32. The van der Waals surface area contributed by atoms with Gasteiger partial charge >= 0.3 is 0 Å². The molecule has 0 aromatic heterocycles. The molecule has 2 heterocycles. The number of sulfonamides is 1. The molecule has 8 heteroatoms. The van der Waals surface area contributed by atoms with E-state index in [9.17, 15) is 13.2 Å². The predicted octanol–water partition coefficient (Wildman–Crippen LogP) is 4.13. The van der Waals surface area contributed by atoms with Crippen molar-refractivity contribution in [3.8, 4) is 0 Å². The average molecular weight is 494 g/mol. The molecule has 7 nitrogen and oxygen atoms in total. The van der Waals surface area contributed by atoms with Crippen molar-refractivity contribution in [3.05, 3.63) is 66.2 Å². The summed E-state index contributed by atoms with van der Waals surface area (Å²) in [6.45, 7) is 3.49. The van der Waals surface area contributed by atoms with E-state index in [0.717, 1.165) is 41.4 Å². The topological polar surface area (TPSA) is 70.2 Å². The highest BCUT2D eigenvalue weighted by molar-refractivity contribution is 7.89. The van der Waals surface area contributed by atoms with Crippen LogP contribution in [0.5, 0.6) is 0 Å². The summed E-state index contributed by atoms with van der Waals surface area (Å²) >= 11 is 0. The molecule has 0 N–H and O–H groups in total. The van der Waals surface area contributed by atoms with Crippen molar-refractivity contribution in [2.45, 2.75) is 24.2 Å². The molecule has 2 aliphatic rings. The fourth-order valence-electron chi connectivity index (χ4n) is 4.86. The van der Waals surface area contributed by atoms with E-state index in [1.807, 2.05) is 42.5 Å². The summed E-state index contributed by atoms with van der Waals surface area (Å²) in [7, 11) is -1.93. The number of hydrogen-bond donors (Lipinski definition) is 0. The van der Waals surface area contributed by atoms with Crippen molar-refractivity contribution >= 4 is 38.1 Å². The Labute approximate surface area is 206 Å². The van der Waals surface area contributed by atoms with Gasteiger partial charge in [0.2, 0.25) is 10.0 Å². The molecule has 2 fully saturated rings. The summed E-state index contributed by atoms with van der Waals surface area (Å²) in [5.41, 5.74) is 1.88. The molecule has 35 heavy (non-hydrogen) atoms. The van der Waals surface area contributed by atoms with Crippen LogP contribution in [-0.4, -0.2) is 65.1 Å². The number of fused-ring (bicyclic) bond motifs is 1. The first-order valence-electron chi connectivity index (χ1n) is 12.2. The second-order valence-electron chi connectivity index (χ2n) is 9.14. The van der Waals surface area contributed by atoms with Gasteiger partial charge in [-0.25, -0.2) is 8.42 Å². The summed E-state index contributed by atoms with van der Waals surface area (Å²) in [5.74, 6) is -0.238. The Kier molecular flexibility index (Phi) is 6.77. The zero-order valence-corrected chi connectivity index (χ0v) is 20.8. The van der Waals surface area contributed by atoms with E-state index >= 15 is 0 Å². The second-order valence-corrected chi connectivity index (χ2v) is 11.1. The van der Waals surface area contributed by atoms with Crippen LogP contribution in [0.2, 0.25) is 0 Å². The molecule has 2 saturated heterocycles. The van der Waals surface area contributed by atoms with Gasteiger partial charge in [-0.15, -0.1) is 0 Å². The predicted molar refractivity (Wildman–Crippen MR) is 139 cm³/mol. The smallest absolute Gasteiger partial charge is 0.260 e. The molecule has 2 aliphatic heterocycles. The van der Waals surface area contributed by atoms with Crippen molar-refractivity contribution in [2.75, 3.05) is 56.2 Å². The Bertz CT molecular complexity index is 1330. The highest BCUT2D eigenvalue weighted by Gasteiger charge is 2.29. The standard InChI is InChI=1S/C27H31N3O4S/c1-28(23-10-9-21-7-3-4-8-22(21)19-23)27(31)25-20-24(35(32,33)30-13-5-2-6-14-30)11-12-26(25)29-15-17-34-18-16-29/h3-4,7-12,19-20H,2,5-6,13-18H2,1H3. The number of morpholine rings is 1. The monoisotopic (exact) mass is 493 g/mol. The zero-order valence-electron chi connectivity index (χ0n) is 20.0. The summed E-state index contributed by atoms with van der Waals surface area (Å²) in [6.07, 6.45) is 2.77. The van der Waals surface area contributed by atoms with E-state index in [1.54, 1.807) is 34.5 Å². The third-order valence-corrected chi connectivity index (χ3v) is 8.82. The summed E-state index contributed by atoms with van der Waals surface area (Å²) in [6, 6.07) is 18.9. The van der Waals surface area contributed by atoms with E-state index in [2.05, 4.69) is 4.90 Å². The van der Waals surface area contributed by atoms with Crippen LogP contribution >= 0.6 is 0 Å². The molecular weight excluding hydrogens is 462 g/mol. The van der Waals surface area contributed by atoms with E-state index in [-0.39, 0.29) is 10.8 Å². The van der Waals surface area contributed by atoms with Crippen LogP contribution in [0.3, 0.4) is 0 Å². The normalized spacial score (nSPS) is 17.5. The third kappa shape index (κ3) is 4.78. The fourth-order valence-corrected chi connectivity index (χ4v) is 6.41. The first-order valence-corrected chi connectivity index (χ1v) is 13.6. The molecule has 0 spiro atoms. The molecular formula is C27H31N3O4S. The number of nitrogens with zero attached hydrogens (tertiary/aromatic N) is 3. The lowest BCUT2D eigenvalue weighted by Crippen LogP contribution is -2.39. The minimum Gasteiger partial charge on any atom is -0.378 e. The van der Waals surface area contributed by atoms with Crippen molar-refractivity contribution in [2.24, 2.45) is 0 Å². The average Bonchev–Trinajstić information content (AvgIpc) is 2.92. The number of carbonyl (C=O) groups is 1. The molecule has 0 radical (unpaired) electrons. The summed E-state index contributed by atoms with van der Waals surface area (Å²) in [4.78, 5) is 17.7. The minimum absolute atomic E-state index is 0.173. The Morgan fingerprint density at radius 1 is 0.857 bits per heavy atom. The molecule has 3 aromatic rings. The minimum atomic E-state index is -3.67. The number of amides is 1. The maximum absolute atomic E-state index is 13.9. The van der Waals surface area contributed by atoms with E-state index in [0.29, 0.717) is 45.0 Å². The number of benzene rings is 3. The second kappa shape index (κ2) is 9.97. The first kappa shape index (κ1) is 23.8. The molecule has 0 aliphatic carbocycles. The van der Waals surface area contributed by atoms with Gasteiger partial charge < -0.3 is 14.5 Å². The van der Waals surface area contributed by atoms with Crippen LogP contribution in [0, 0.1) is 0 Å². The first-order chi connectivity index (χ1) is 16.9. The highest BCUT2D eigenvalue weighted by Crippen LogP contribution is 2.30. The maximum atomic E-state index is 13.9. The van der Waals surface area contributed by atoms with Crippen molar-refractivity contribution in [1.82, 2.24) is 4.31 Å². The van der Waals surface area contributed by atoms with Gasteiger partial charge in [0.1, 0.15) is 0 Å². The van der Waals surface area contributed by atoms with E-state index in [1.165, 1.54) is 0 Å². The lowest BCUT2D eigenvalue weighted by atomic mass is 10.1. The number of hydrogen-bond acceptors (Lipinski definition) is 5. The Morgan fingerprint density at radius 2 is 1.57 bits per heavy atom. The molecule has 0 atom stereocenters. The number of rotatable bonds is 5. The van der Waals surface area contributed by atoms with Gasteiger partial charge in [0.25, 0.3) is 5.91 Å². The third-order valence-electron chi connectivity index (χ3n) is 6.93. The Morgan fingerprint density at radius 3 is 2.31 bits per heavy atom. The quantitative estimate of drug-likeness (QED) is 0.535. The van der Waals surface area contributed by atoms with Gasteiger partial charge in [0, 0.05) is 44.6 Å². The Balaban J connectivity index is 1.54. The van der Waals surface area contributed by atoms with Crippen LogP contribution in [0.15, 0.2) is 65.6 Å². The van der Waals surface area contributed by atoms with Crippen molar-refractivity contribution in [3.63, 3.8) is 0 Å². The van der Waals surface area contributed by atoms with Gasteiger partial charge in [-0.1, -0.05) is 36.8 Å². The highest BCUT2D eigenvalue weighted by atomic mass is 32.2. The van der Waals surface area contributed by atoms with Crippen LogP contribution < -0.4 is 9.80 Å². The largest absolute Gasteiger partial charge is 0.378 e. The van der Waals surface area contributed by atoms with E-state index in [4.69, 9.17) is 4.74 Å². The lowest BCUT2D eigenvalue weighted by molar-refractivity contribution is 0.0991. The number of anilines is 2. The van der Waals surface area contributed by atoms with Crippen LogP contribution in [0.1, 0.15) is 29.6 Å². The van der Waals surface area contributed by atoms with Crippen LogP contribution in [0.25, 0.3) is 10.8 Å². The van der Waals surface area contributed by atoms with Gasteiger partial charge in [0.05, 0.1) is 23.7 Å². The number of piperidine rings is 1. The summed E-state index contributed by atoms with van der Waals surface area (Å²) < 4.78 is 33.8. The summed E-state index contributed by atoms with van der Waals surface area (Å²) in [5, 5.41) is 2.14. The zero-order chi connectivity index (χ0) is 24.4. The maximum Gasteiger partial charge on any atom is 0.260 e. The van der Waals surface area contributed by atoms with Crippen molar-refractivity contribution in [1.29, 1.82) is 0 Å². The molecule has 3 aromatic carbocycles. The molecule has 1 amide bonds. The molecule has 0 bridgehead atoms. The van der Waals surface area contributed by atoms with Gasteiger partial charge in [-0.3, -0.25) is 4.79 Å². The molecule has 0 saturated carbocycles. The fraction of sp³-hybridized carbons (Fsp3) is 0.370.